The van der Waals surface area contributed by atoms with Gasteiger partial charge in [-0.15, -0.1) is 0 Å². The number of Topliss-reactive ketones (excluding diaryl/α,β-unsaturated/α-hetero) is 2. The number of rotatable bonds is 4. The molecule has 40 heavy (non-hydrogen) atoms. The molecule has 0 unspecified atom stereocenters. The van der Waals surface area contributed by atoms with Crippen molar-refractivity contribution in [1.82, 2.24) is 4.90 Å². The van der Waals surface area contributed by atoms with Crippen LogP contribution < -0.4 is 5.32 Å². The standard InChI is InChI=1S/C34H25ClN2O3/c1-20-14-16-22(17-15-20)30(38)29-28(31(39)24-10-4-6-12-26(24)35)34(25-11-5-7-13-27(25)36-33(34)40)32-23-9-3-2-8-21(23)18-19-37(29)32/h2-19,28-29,32H,1H3,(H,36,40)/t28-,29-,32+,34+/m0/s1. The molecular formula is C34H25ClN2O3. The highest BCUT2D eigenvalue weighted by molar-refractivity contribution is 6.34. The Labute approximate surface area is 237 Å². The first-order valence-corrected chi connectivity index (χ1v) is 13.7. The SMILES string of the molecule is Cc1ccc(C(=O)[C@@H]2[C@@H](C(=O)c3ccccc3Cl)[C@@]3(C(=O)Nc4ccccc43)[C@H]3c4ccccc4C=CN23)cc1. The maximum atomic E-state index is 14.8. The van der Waals surface area contributed by atoms with Crippen molar-refractivity contribution in [1.29, 1.82) is 0 Å². The van der Waals surface area contributed by atoms with Crippen LogP contribution in [0.3, 0.4) is 0 Å². The van der Waals surface area contributed by atoms with Gasteiger partial charge < -0.3 is 10.2 Å². The van der Waals surface area contributed by atoms with Gasteiger partial charge in [0.1, 0.15) is 11.5 Å². The van der Waals surface area contributed by atoms with Crippen LogP contribution >= 0.6 is 11.6 Å². The molecule has 7 rings (SSSR count). The summed E-state index contributed by atoms with van der Waals surface area (Å²) in [5.74, 6) is -1.89. The van der Waals surface area contributed by atoms with Crippen LogP contribution in [0.1, 0.15) is 49.0 Å². The van der Waals surface area contributed by atoms with Gasteiger partial charge in [0, 0.05) is 23.0 Å². The molecule has 0 radical (unpaired) electrons. The van der Waals surface area contributed by atoms with Crippen molar-refractivity contribution in [3.8, 4) is 0 Å². The lowest BCUT2D eigenvalue weighted by Gasteiger charge is -2.38. The van der Waals surface area contributed by atoms with E-state index in [9.17, 15) is 14.4 Å². The minimum Gasteiger partial charge on any atom is -0.358 e. The summed E-state index contributed by atoms with van der Waals surface area (Å²) in [5.41, 5.74) is 3.65. The molecule has 4 aromatic rings. The number of nitrogens with zero attached hydrogens (tertiary/aromatic N) is 1. The normalized spacial score (nSPS) is 23.9. The van der Waals surface area contributed by atoms with Crippen LogP contribution in [0.25, 0.3) is 6.08 Å². The van der Waals surface area contributed by atoms with Gasteiger partial charge in [-0.3, -0.25) is 14.4 Å². The smallest absolute Gasteiger partial charge is 0.238 e. The molecule has 1 fully saturated rings. The van der Waals surface area contributed by atoms with Crippen molar-refractivity contribution in [3.63, 3.8) is 0 Å². The van der Waals surface area contributed by atoms with Crippen molar-refractivity contribution in [2.45, 2.75) is 24.4 Å². The summed E-state index contributed by atoms with van der Waals surface area (Å²) in [5, 5.41) is 3.35. The summed E-state index contributed by atoms with van der Waals surface area (Å²) >= 11 is 6.59. The van der Waals surface area contributed by atoms with E-state index in [1.54, 1.807) is 36.4 Å². The third-order valence-corrected chi connectivity index (χ3v) is 8.93. The molecule has 6 heteroatoms. The zero-order chi connectivity index (χ0) is 27.6. The van der Waals surface area contributed by atoms with Crippen LogP contribution in [-0.2, 0) is 10.2 Å². The Hall–Kier alpha value is -4.48. The van der Waals surface area contributed by atoms with Crippen LogP contribution in [0.2, 0.25) is 5.02 Å². The molecule has 3 aliphatic rings. The molecule has 3 aliphatic heterocycles. The molecule has 0 saturated carbocycles. The lowest BCUT2D eigenvalue weighted by atomic mass is 9.62. The molecule has 0 aromatic heterocycles. The number of hydrogen-bond donors (Lipinski definition) is 1. The number of halogens is 1. The minimum absolute atomic E-state index is 0.214. The highest BCUT2D eigenvalue weighted by atomic mass is 35.5. The first-order valence-electron chi connectivity index (χ1n) is 13.3. The molecule has 1 saturated heterocycles. The Balaban J connectivity index is 1.55. The topological polar surface area (TPSA) is 66.5 Å². The lowest BCUT2D eigenvalue weighted by molar-refractivity contribution is -0.122. The monoisotopic (exact) mass is 544 g/mol. The molecule has 1 spiro atoms. The van der Waals surface area contributed by atoms with E-state index >= 15 is 0 Å². The van der Waals surface area contributed by atoms with Crippen LogP contribution in [0.5, 0.6) is 0 Å². The van der Waals surface area contributed by atoms with Crippen LogP contribution in [0, 0.1) is 12.8 Å². The number of fused-ring (bicyclic) bond motifs is 6. The molecule has 1 N–H and O–H groups in total. The van der Waals surface area contributed by atoms with E-state index in [1.165, 1.54) is 0 Å². The largest absolute Gasteiger partial charge is 0.358 e. The van der Waals surface area contributed by atoms with Crippen molar-refractivity contribution < 1.29 is 14.4 Å². The quantitative estimate of drug-likeness (QED) is 0.293. The van der Waals surface area contributed by atoms with Gasteiger partial charge in [-0.2, -0.15) is 0 Å². The van der Waals surface area contributed by atoms with E-state index in [0.717, 1.165) is 16.7 Å². The van der Waals surface area contributed by atoms with Crippen molar-refractivity contribution in [2.75, 3.05) is 5.32 Å². The Morgan fingerprint density at radius 1 is 0.850 bits per heavy atom. The molecular weight excluding hydrogens is 520 g/mol. The number of anilines is 1. The Morgan fingerprint density at radius 3 is 2.35 bits per heavy atom. The Bertz CT molecular complexity index is 1740. The van der Waals surface area contributed by atoms with Crippen molar-refractivity contribution in [2.24, 2.45) is 5.92 Å². The molecule has 4 atom stereocenters. The van der Waals surface area contributed by atoms with Gasteiger partial charge in [0.25, 0.3) is 0 Å². The first kappa shape index (κ1) is 24.6. The van der Waals surface area contributed by atoms with E-state index in [4.69, 9.17) is 11.6 Å². The van der Waals surface area contributed by atoms with Gasteiger partial charge in [-0.05, 0) is 47.9 Å². The van der Waals surface area contributed by atoms with Gasteiger partial charge in [-0.25, -0.2) is 0 Å². The van der Waals surface area contributed by atoms with E-state index in [0.29, 0.717) is 22.4 Å². The van der Waals surface area contributed by atoms with E-state index in [-0.39, 0.29) is 22.5 Å². The van der Waals surface area contributed by atoms with Gasteiger partial charge in [0.15, 0.2) is 11.6 Å². The van der Waals surface area contributed by atoms with Crippen LogP contribution in [0.4, 0.5) is 5.69 Å². The second kappa shape index (κ2) is 9.04. The minimum atomic E-state index is -1.38. The lowest BCUT2D eigenvalue weighted by Crippen LogP contribution is -2.49. The van der Waals surface area contributed by atoms with Gasteiger partial charge >= 0.3 is 0 Å². The summed E-state index contributed by atoms with van der Waals surface area (Å²) in [4.78, 5) is 45.7. The average Bonchev–Trinajstić information content (AvgIpc) is 3.45. The Kier molecular flexibility index (Phi) is 5.55. The summed E-state index contributed by atoms with van der Waals surface area (Å²) in [7, 11) is 0. The van der Waals surface area contributed by atoms with Gasteiger partial charge in [0.05, 0.1) is 17.0 Å². The number of ketones is 2. The summed E-state index contributed by atoms with van der Waals surface area (Å²) in [6.07, 6.45) is 3.83. The predicted octanol–water partition coefficient (Wildman–Crippen LogP) is 6.63. The maximum absolute atomic E-state index is 14.8. The number of para-hydroxylation sites is 1. The average molecular weight is 545 g/mol. The number of aryl methyl sites for hydroxylation is 1. The maximum Gasteiger partial charge on any atom is 0.238 e. The molecule has 3 heterocycles. The fraction of sp³-hybridized carbons (Fsp3) is 0.147. The highest BCUT2D eigenvalue weighted by Gasteiger charge is 2.70. The fourth-order valence-electron chi connectivity index (χ4n) is 6.88. The zero-order valence-corrected chi connectivity index (χ0v) is 22.4. The zero-order valence-electron chi connectivity index (χ0n) is 21.7. The fourth-order valence-corrected chi connectivity index (χ4v) is 7.11. The first-order chi connectivity index (χ1) is 19.4. The van der Waals surface area contributed by atoms with Crippen LogP contribution in [-0.4, -0.2) is 28.4 Å². The molecule has 0 bridgehead atoms. The molecule has 4 aromatic carbocycles. The van der Waals surface area contributed by atoms with Gasteiger partial charge in [-0.1, -0.05) is 96.0 Å². The van der Waals surface area contributed by atoms with Gasteiger partial charge in [0.2, 0.25) is 5.91 Å². The summed E-state index contributed by atoms with van der Waals surface area (Å²) in [6, 6.07) is 28.0. The van der Waals surface area contributed by atoms with Crippen molar-refractivity contribution in [3.05, 3.63) is 142 Å². The second-order valence-corrected chi connectivity index (χ2v) is 11.1. The number of benzene rings is 4. The summed E-state index contributed by atoms with van der Waals surface area (Å²) in [6.45, 7) is 1.96. The second-order valence-electron chi connectivity index (χ2n) is 10.7. The number of amides is 1. The number of carbonyl (C=O) groups is 3. The predicted molar refractivity (Wildman–Crippen MR) is 155 cm³/mol. The number of carbonyl (C=O) groups excluding carboxylic acids is 3. The number of nitrogens with one attached hydrogen (secondary N) is 1. The molecule has 5 nitrogen and oxygen atoms in total. The van der Waals surface area contributed by atoms with E-state index in [1.807, 2.05) is 84.8 Å². The molecule has 196 valence electrons. The summed E-state index contributed by atoms with van der Waals surface area (Å²) < 4.78 is 0. The third-order valence-electron chi connectivity index (χ3n) is 8.60. The van der Waals surface area contributed by atoms with Crippen LogP contribution in [0.15, 0.2) is 103 Å². The third kappa shape index (κ3) is 3.31. The number of hydrogen-bond acceptors (Lipinski definition) is 4. The molecule has 1 amide bonds. The Morgan fingerprint density at radius 2 is 1.55 bits per heavy atom. The molecule has 0 aliphatic carbocycles. The van der Waals surface area contributed by atoms with E-state index < -0.39 is 23.4 Å². The van der Waals surface area contributed by atoms with Crippen molar-refractivity contribution >= 4 is 40.8 Å². The van der Waals surface area contributed by atoms with E-state index in [2.05, 4.69) is 5.32 Å². The highest BCUT2D eigenvalue weighted by Crippen LogP contribution is 2.62.